The maximum absolute atomic E-state index is 13.9. The molecular weight excluding hydrogens is 721 g/mol. The molecule has 1 N–H and O–H groups in total. The van der Waals surface area contributed by atoms with Crippen molar-refractivity contribution in [3.05, 3.63) is 77.0 Å². The van der Waals surface area contributed by atoms with Gasteiger partial charge in [0.25, 0.3) is 11.8 Å². The van der Waals surface area contributed by atoms with Crippen LogP contribution >= 0.6 is 0 Å². The maximum atomic E-state index is 13.9. The lowest BCUT2D eigenvalue weighted by Crippen LogP contribution is -2.35. The molecule has 4 fully saturated rings. The molecule has 0 radical (unpaired) electrons. The molecule has 3 aromatic carbocycles. The Hall–Kier alpha value is -5.03. The van der Waals surface area contributed by atoms with Crippen LogP contribution in [-0.4, -0.2) is 92.6 Å². The SMILES string of the molecule is COc1cc2c(cc1OCCCCCOc1cc3c(cc1OC1CC1)C(=O)N1CC4(CC4)C[C@H]1C=N3)NC[C@@H]1CC(c3ccc(C4CCOCC4)cc3)=CN1C2=O. The number of ether oxygens (including phenoxy) is 5. The van der Waals surface area contributed by atoms with Crippen molar-refractivity contribution in [2.24, 2.45) is 10.4 Å². The van der Waals surface area contributed by atoms with Gasteiger partial charge in [-0.25, -0.2) is 0 Å². The normalized spacial score (nSPS) is 23.1. The minimum absolute atomic E-state index is 0.0255. The van der Waals surface area contributed by atoms with Gasteiger partial charge in [-0.2, -0.15) is 0 Å². The molecule has 0 unspecified atom stereocenters. The summed E-state index contributed by atoms with van der Waals surface area (Å²) in [5.74, 6) is 3.00. The van der Waals surface area contributed by atoms with Crippen LogP contribution in [0.25, 0.3) is 5.57 Å². The number of methoxy groups -OCH3 is 1. The fourth-order valence-electron chi connectivity index (χ4n) is 9.24. The monoisotopic (exact) mass is 772 g/mol. The van der Waals surface area contributed by atoms with Crippen molar-refractivity contribution < 1.29 is 33.3 Å². The van der Waals surface area contributed by atoms with Gasteiger partial charge in [-0.3, -0.25) is 14.6 Å². The van der Waals surface area contributed by atoms with Gasteiger partial charge in [-0.05, 0) is 111 Å². The first-order valence-electron chi connectivity index (χ1n) is 21.1. The molecule has 7 aliphatic rings. The lowest BCUT2D eigenvalue weighted by molar-refractivity contribution is 0.0765. The Morgan fingerprint density at radius 1 is 0.860 bits per heavy atom. The molecule has 1 spiro atoms. The topological polar surface area (TPSA) is 111 Å². The zero-order chi connectivity index (χ0) is 38.5. The van der Waals surface area contributed by atoms with Crippen molar-refractivity contribution in [1.82, 2.24) is 9.80 Å². The fraction of sp³-hybridized carbons (Fsp3) is 0.500. The van der Waals surface area contributed by atoms with Crippen LogP contribution in [-0.2, 0) is 4.74 Å². The second kappa shape index (κ2) is 15.0. The number of unbranched alkanes of at least 4 members (excludes halogenated alkanes) is 2. The minimum Gasteiger partial charge on any atom is -0.493 e. The van der Waals surface area contributed by atoms with Crippen molar-refractivity contribution in [3.63, 3.8) is 0 Å². The summed E-state index contributed by atoms with van der Waals surface area (Å²) in [6.45, 7) is 4.14. The first-order chi connectivity index (χ1) is 27.9. The number of carbonyl (C=O) groups excluding carboxylic acids is 2. The zero-order valence-electron chi connectivity index (χ0n) is 32.8. The van der Waals surface area contributed by atoms with E-state index in [4.69, 9.17) is 28.7 Å². The molecule has 0 aromatic heterocycles. The third-order valence-electron chi connectivity index (χ3n) is 13.0. The molecule has 2 saturated carbocycles. The molecule has 10 rings (SSSR count). The number of anilines is 1. The van der Waals surface area contributed by atoms with Crippen molar-refractivity contribution in [2.45, 2.75) is 94.7 Å². The van der Waals surface area contributed by atoms with Crippen LogP contribution < -0.4 is 24.3 Å². The number of carbonyl (C=O) groups is 2. The average Bonchev–Trinajstić information content (AvgIpc) is 4.15. The highest BCUT2D eigenvalue weighted by molar-refractivity contribution is 6.04. The predicted octanol–water partition coefficient (Wildman–Crippen LogP) is 8.15. The Bertz CT molecular complexity index is 2100. The number of amides is 2. The van der Waals surface area contributed by atoms with E-state index in [2.05, 4.69) is 29.6 Å². The van der Waals surface area contributed by atoms with Gasteiger partial charge in [0.15, 0.2) is 23.0 Å². The highest BCUT2D eigenvalue weighted by atomic mass is 16.5. The summed E-state index contributed by atoms with van der Waals surface area (Å²) in [6, 6.07) is 16.4. The lowest BCUT2D eigenvalue weighted by atomic mass is 9.90. The van der Waals surface area contributed by atoms with Crippen LogP contribution in [0.2, 0.25) is 0 Å². The van der Waals surface area contributed by atoms with E-state index in [-0.39, 0.29) is 30.0 Å². The minimum atomic E-state index is -0.0379. The van der Waals surface area contributed by atoms with Gasteiger partial charge in [0, 0.05) is 50.9 Å². The maximum Gasteiger partial charge on any atom is 0.260 e. The molecule has 0 bridgehead atoms. The van der Waals surface area contributed by atoms with E-state index in [1.807, 2.05) is 40.4 Å². The van der Waals surface area contributed by atoms with Gasteiger partial charge in [-0.1, -0.05) is 24.3 Å². The number of hydrogen-bond donors (Lipinski definition) is 1. The van der Waals surface area contributed by atoms with Crippen LogP contribution in [0, 0.1) is 5.41 Å². The first kappa shape index (κ1) is 36.3. The van der Waals surface area contributed by atoms with Gasteiger partial charge >= 0.3 is 0 Å². The van der Waals surface area contributed by atoms with E-state index >= 15 is 0 Å². The van der Waals surface area contributed by atoms with E-state index in [1.165, 1.54) is 29.5 Å². The van der Waals surface area contributed by atoms with Crippen LogP contribution in [0.1, 0.15) is 108 Å². The molecule has 2 saturated heterocycles. The van der Waals surface area contributed by atoms with E-state index < -0.39 is 0 Å². The zero-order valence-corrected chi connectivity index (χ0v) is 32.8. The number of nitrogens with one attached hydrogen (secondary N) is 1. The van der Waals surface area contributed by atoms with Crippen molar-refractivity contribution >= 4 is 35.0 Å². The number of aliphatic imine (C=N–C) groups is 1. The van der Waals surface area contributed by atoms with Gasteiger partial charge in [0.05, 0.1) is 61.0 Å². The highest BCUT2D eigenvalue weighted by Crippen LogP contribution is 2.55. The summed E-state index contributed by atoms with van der Waals surface area (Å²) in [5, 5.41) is 3.54. The van der Waals surface area contributed by atoms with E-state index in [0.29, 0.717) is 70.9 Å². The second-order valence-corrected chi connectivity index (χ2v) is 17.0. The summed E-state index contributed by atoms with van der Waals surface area (Å²) >= 11 is 0. The van der Waals surface area contributed by atoms with E-state index in [1.54, 1.807) is 13.2 Å². The summed E-state index contributed by atoms with van der Waals surface area (Å²) in [7, 11) is 1.61. The summed E-state index contributed by atoms with van der Waals surface area (Å²) in [6.07, 6.45) is 15.1. The Kier molecular flexibility index (Phi) is 9.59. The van der Waals surface area contributed by atoms with Crippen molar-refractivity contribution in [2.75, 3.05) is 51.9 Å². The van der Waals surface area contributed by atoms with Gasteiger partial charge in [0.1, 0.15) is 0 Å². The Morgan fingerprint density at radius 2 is 1.61 bits per heavy atom. The Morgan fingerprint density at radius 3 is 2.35 bits per heavy atom. The molecule has 11 nitrogen and oxygen atoms in total. The molecular formula is C46H52N4O7. The molecule has 3 aromatic rings. The second-order valence-electron chi connectivity index (χ2n) is 17.0. The van der Waals surface area contributed by atoms with Crippen LogP contribution in [0.5, 0.6) is 23.0 Å². The third-order valence-corrected chi connectivity index (χ3v) is 13.0. The van der Waals surface area contributed by atoms with Crippen LogP contribution in [0.3, 0.4) is 0 Å². The first-order valence-corrected chi connectivity index (χ1v) is 21.1. The number of hydrogen-bond acceptors (Lipinski definition) is 9. The molecule has 57 heavy (non-hydrogen) atoms. The standard InChI is InChI=1S/C46H52N4O7/c1-53-40-20-36-38(47-25-33-19-32(27-49(33)44(36)51)30-7-5-29(6-8-30)31-11-17-54-18-12-31)22-41(40)55-15-3-2-4-16-56-42-23-39-37(21-43(42)57-35-9-10-35)45(52)50-28-46(13-14-46)24-34(50)26-48-39/h5-8,20-23,26-27,31,33-35,47H,2-4,9-19,24-25,28H2,1H3/t33-,34-/m0/s1. The van der Waals surface area contributed by atoms with Crippen molar-refractivity contribution in [3.8, 4) is 23.0 Å². The molecule has 298 valence electrons. The lowest BCUT2D eigenvalue weighted by Gasteiger charge is -2.22. The molecule has 5 heterocycles. The predicted molar refractivity (Wildman–Crippen MR) is 217 cm³/mol. The molecule has 2 amide bonds. The van der Waals surface area contributed by atoms with E-state index in [9.17, 15) is 9.59 Å². The number of fused-ring (bicyclic) bond motifs is 4. The summed E-state index contributed by atoms with van der Waals surface area (Å²) in [5.41, 5.74) is 6.63. The molecule has 2 atom stereocenters. The highest BCUT2D eigenvalue weighted by Gasteiger charge is 2.53. The Labute approximate surface area is 334 Å². The van der Waals surface area contributed by atoms with Crippen LogP contribution in [0.4, 0.5) is 11.4 Å². The molecule has 2 aliphatic carbocycles. The number of benzene rings is 3. The average molecular weight is 773 g/mol. The summed E-state index contributed by atoms with van der Waals surface area (Å²) < 4.78 is 30.0. The molecule has 5 aliphatic heterocycles. The number of rotatable bonds is 13. The van der Waals surface area contributed by atoms with Gasteiger partial charge < -0.3 is 38.8 Å². The van der Waals surface area contributed by atoms with Crippen LogP contribution in [0.15, 0.2) is 59.7 Å². The quantitative estimate of drug-likeness (QED) is 0.174. The largest absolute Gasteiger partial charge is 0.493 e. The van der Waals surface area contributed by atoms with E-state index in [0.717, 1.165) is 83.2 Å². The van der Waals surface area contributed by atoms with Crippen molar-refractivity contribution in [1.29, 1.82) is 0 Å². The Balaban J connectivity index is 0.736. The van der Waals surface area contributed by atoms with Gasteiger partial charge in [-0.15, -0.1) is 0 Å². The fourth-order valence-corrected chi connectivity index (χ4v) is 9.24. The third kappa shape index (κ3) is 7.35. The smallest absolute Gasteiger partial charge is 0.260 e. The number of nitrogens with zero attached hydrogens (tertiary/aromatic N) is 3. The van der Waals surface area contributed by atoms with Gasteiger partial charge in [0.2, 0.25) is 0 Å². The molecule has 11 heteroatoms. The summed E-state index contributed by atoms with van der Waals surface area (Å²) in [4.78, 5) is 36.2.